The summed E-state index contributed by atoms with van der Waals surface area (Å²) >= 11 is 0. The highest BCUT2D eigenvalue weighted by molar-refractivity contribution is 5.62. The van der Waals surface area contributed by atoms with Crippen molar-refractivity contribution in [2.75, 3.05) is 14.1 Å². The van der Waals surface area contributed by atoms with Crippen LogP contribution >= 0.6 is 0 Å². The van der Waals surface area contributed by atoms with Gasteiger partial charge in [0.05, 0.1) is 5.56 Å². The lowest BCUT2D eigenvalue weighted by atomic mass is 10.1. The number of rotatable bonds is 4. The molecule has 0 saturated carbocycles. The molecule has 0 aliphatic rings. The predicted molar refractivity (Wildman–Crippen MR) is 80.7 cm³/mol. The SMILES string of the molecule is C=C(c1ccc(Oc2ccc(C(F)(F)F)cc2)cc1)N(C)C. The van der Waals surface area contributed by atoms with Crippen molar-refractivity contribution in [3.8, 4) is 11.5 Å². The number of hydrogen-bond donors (Lipinski definition) is 0. The number of ether oxygens (including phenoxy) is 1. The van der Waals surface area contributed by atoms with E-state index >= 15 is 0 Å². The van der Waals surface area contributed by atoms with Gasteiger partial charge in [-0.05, 0) is 54.1 Å². The first-order valence-electron chi connectivity index (χ1n) is 6.59. The number of alkyl halides is 3. The molecule has 0 N–H and O–H groups in total. The average molecular weight is 307 g/mol. The van der Waals surface area contributed by atoms with Gasteiger partial charge in [0.2, 0.25) is 0 Å². The van der Waals surface area contributed by atoms with Crippen LogP contribution in [0.2, 0.25) is 0 Å². The van der Waals surface area contributed by atoms with E-state index in [-0.39, 0.29) is 0 Å². The topological polar surface area (TPSA) is 12.5 Å². The molecule has 0 fully saturated rings. The van der Waals surface area contributed by atoms with Gasteiger partial charge in [-0.3, -0.25) is 0 Å². The zero-order valence-corrected chi connectivity index (χ0v) is 12.3. The summed E-state index contributed by atoms with van der Waals surface area (Å²) in [6.45, 7) is 3.95. The third-order valence-corrected chi connectivity index (χ3v) is 3.14. The van der Waals surface area contributed by atoms with Crippen LogP contribution in [0.25, 0.3) is 5.70 Å². The molecule has 0 spiro atoms. The molecule has 2 nitrogen and oxygen atoms in total. The van der Waals surface area contributed by atoms with Crippen LogP contribution in [0.4, 0.5) is 13.2 Å². The molecule has 0 unspecified atom stereocenters. The summed E-state index contributed by atoms with van der Waals surface area (Å²) in [6, 6.07) is 11.8. The third-order valence-electron chi connectivity index (χ3n) is 3.14. The van der Waals surface area contributed by atoms with Crippen molar-refractivity contribution >= 4 is 5.70 Å². The molecular formula is C17H16F3NO. The number of benzene rings is 2. The van der Waals surface area contributed by atoms with Crippen molar-refractivity contribution in [1.82, 2.24) is 4.90 Å². The van der Waals surface area contributed by atoms with E-state index in [1.54, 1.807) is 12.1 Å². The van der Waals surface area contributed by atoms with Gasteiger partial charge in [0.15, 0.2) is 0 Å². The first kappa shape index (κ1) is 15.9. The van der Waals surface area contributed by atoms with Gasteiger partial charge in [0.25, 0.3) is 0 Å². The molecule has 0 amide bonds. The molecule has 0 aliphatic carbocycles. The van der Waals surface area contributed by atoms with E-state index in [2.05, 4.69) is 6.58 Å². The highest BCUT2D eigenvalue weighted by atomic mass is 19.4. The predicted octanol–water partition coefficient (Wildman–Crippen LogP) is 5.03. The summed E-state index contributed by atoms with van der Waals surface area (Å²) in [5, 5.41) is 0. The monoisotopic (exact) mass is 307 g/mol. The summed E-state index contributed by atoms with van der Waals surface area (Å²) in [5.74, 6) is 0.905. The van der Waals surface area contributed by atoms with Crippen LogP contribution in [0.1, 0.15) is 11.1 Å². The summed E-state index contributed by atoms with van der Waals surface area (Å²) < 4.78 is 43.0. The highest BCUT2D eigenvalue weighted by Crippen LogP contribution is 2.31. The van der Waals surface area contributed by atoms with Gasteiger partial charge in [-0.2, -0.15) is 13.2 Å². The lowest BCUT2D eigenvalue weighted by molar-refractivity contribution is -0.137. The second-order valence-electron chi connectivity index (χ2n) is 4.99. The maximum atomic E-state index is 12.5. The van der Waals surface area contributed by atoms with Crippen molar-refractivity contribution in [2.24, 2.45) is 0 Å². The lowest BCUT2D eigenvalue weighted by Crippen LogP contribution is -2.08. The van der Waals surface area contributed by atoms with Gasteiger partial charge in [-0.1, -0.05) is 6.58 Å². The van der Waals surface area contributed by atoms with Gasteiger partial charge >= 0.3 is 6.18 Å². The Hall–Kier alpha value is -2.43. The molecular weight excluding hydrogens is 291 g/mol. The second-order valence-corrected chi connectivity index (χ2v) is 4.99. The Morgan fingerprint density at radius 3 is 1.77 bits per heavy atom. The van der Waals surface area contributed by atoms with Crippen LogP contribution in [0.5, 0.6) is 11.5 Å². The number of nitrogens with zero attached hydrogens (tertiary/aromatic N) is 1. The van der Waals surface area contributed by atoms with E-state index in [0.29, 0.717) is 11.5 Å². The Bertz CT molecular complexity index is 643. The molecule has 0 atom stereocenters. The molecule has 2 aromatic carbocycles. The quantitative estimate of drug-likeness (QED) is 0.785. The van der Waals surface area contributed by atoms with Crippen molar-refractivity contribution in [1.29, 1.82) is 0 Å². The zero-order chi connectivity index (χ0) is 16.3. The third kappa shape index (κ3) is 3.81. The average Bonchev–Trinajstić information content (AvgIpc) is 2.47. The Morgan fingerprint density at radius 1 is 0.909 bits per heavy atom. The van der Waals surface area contributed by atoms with Gasteiger partial charge in [-0.25, -0.2) is 0 Å². The molecule has 0 bridgehead atoms. The first-order valence-corrected chi connectivity index (χ1v) is 6.59. The van der Waals surface area contributed by atoms with E-state index in [1.165, 1.54) is 12.1 Å². The van der Waals surface area contributed by atoms with Crippen LogP contribution in [0.15, 0.2) is 55.1 Å². The minimum atomic E-state index is -4.34. The van der Waals surface area contributed by atoms with Crippen LogP contribution < -0.4 is 4.74 Å². The fraction of sp³-hybridized carbons (Fsp3) is 0.176. The van der Waals surface area contributed by atoms with Crippen LogP contribution in [0.3, 0.4) is 0 Å². The molecule has 2 rings (SSSR count). The van der Waals surface area contributed by atoms with Crippen LogP contribution in [-0.4, -0.2) is 19.0 Å². The van der Waals surface area contributed by atoms with Crippen molar-refractivity contribution in [2.45, 2.75) is 6.18 Å². The lowest BCUT2D eigenvalue weighted by Gasteiger charge is -2.16. The van der Waals surface area contributed by atoms with Crippen molar-refractivity contribution < 1.29 is 17.9 Å². The molecule has 0 heterocycles. The van der Waals surface area contributed by atoms with E-state index in [4.69, 9.17) is 4.74 Å². The zero-order valence-electron chi connectivity index (χ0n) is 12.3. The maximum Gasteiger partial charge on any atom is 0.416 e. The Morgan fingerprint density at radius 2 is 1.36 bits per heavy atom. The molecule has 116 valence electrons. The minimum absolute atomic E-state index is 0.354. The summed E-state index contributed by atoms with van der Waals surface area (Å²) in [5.41, 5.74) is 1.11. The number of halogens is 3. The fourth-order valence-electron chi connectivity index (χ4n) is 1.82. The van der Waals surface area contributed by atoms with Gasteiger partial charge in [0, 0.05) is 19.8 Å². The molecule has 0 radical (unpaired) electrons. The minimum Gasteiger partial charge on any atom is -0.457 e. The van der Waals surface area contributed by atoms with E-state index < -0.39 is 11.7 Å². The summed E-state index contributed by atoms with van der Waals surface area (Å²) in [4.78, 5) is 1.89. The van der Waals surface area contributed by atoms with Crippen LogP contribution in [0, 0.1) is 0 Å². The first-order chi connectivity index (χ1) is 10.3. The smallest absolute Gasteiger partial charge is 0.416 e. The van der Waals surface area contributed by atoms with E-state index in [0.717, 1.165) is 23.4 Å². The fourth-order valence-corrected chi connectivity index (χ4v) is 1.82. The molecule has 0 aliphatic heterocycles. The molecule has 22 heavy (non-hydrogen) atoms. The molecule has 5 heteroatoms. The highest BCUT2D eigenvalue weighted by Gasteiger charge is 2.30. The summed E-state index contributed by atoms with van der Waals surface area (Å²) in [7, 11) is 3.80. The van der Waals surface area contributed by atoms with E-state index in [9.17, 15) is 13.2 Å². The molecule has 0 saturated heterocycles. The Balaban J connectivity index is 2.09. The summed E-state index contributed by atoms with van der Waals surface area (Å²) in [6.07, 6.45) is -4.34. The van der Waals surface area contributed by atoms with Crippen molar-refractivity contribution in [3.05, 3.63) is 66.2 Å². The van der Waals surface area contributed by atoms with Crippen molar-refractivity contribution in [3.63, 3.8) is 0 Å². The standard InChI is InChI=1S/C17H16F3NO/c1-12(21(2)3)13-4-8-15(9-5-13)22-16-10-6-14(7-11-16)17(18,19)20/h4-11H,1H2,2-3H3. The normalized spacial score (nSPS) is 11.1. The van der Waals surface area contributed by atoms with Gasteiger partial charge < -0.3 is 9.64 Å². The van der Waals surface area contributed by atoms with Crippen LogP contribution in [-0.2, 0) is 6.18 Å². The molecule has 2 aromatic rings. The van der Waals surface area contributed by atoms with Gasteiger partial charge in [-0.15, -0.1) is 0 Å². The molecule has 0 aromatic heterocycles. The van der Waals surface area contributed by atoms with Gasteiger partial charge in [0.1, 0.15) is 11.5 Å². The maximum absolute atomic E-state index is 12.5. The Kier molecular flexibility index (Phi) is 4.45. The largest absolute Gasteiger partial charge is 0.457 e. The van der Waals surface area contributed by atoms with E-state index in [1.807, 2.05) is 31.1 Å². The Labute approximate surface area is 127 Å². The second kappa shape index (κ2) is 6.13. The number of hydrogen-bond acceptors (Lipinski definition) is 2.